The number of anilines is 4. The van der Waals surface area contributed by atoms with E-state index in [0.29, 0.717) is 76.1 Å². The number of carbonyl (C=O) groups is 2. The first-order valence-corrected chi connectivity index (χ1v) is 13.8. The Morgan fingerprint density at radius 3 is 1.85 bits per heavy atom. The van der Waals surface area contributed by atoms with Crippen molar-refractivity contribution >= 4 is 41.1 Å². The normalized spacial score (nSPS) is 24.2. The molecule has 0 unspecified atom stereocenters. The van der Waals surface area contributed by atoms with Gasteiger partial charge in [0.2, 0.25) is 29.7 Å². The van der Waals surface area contributed by atoms with Crippen molar-refractivity contribution in [2.24, 2.45) is 16.9 Å². The molecule has 0 radical (unpaired) electrons. The number of fused-ring (bicyclic) bond motifs is 1. The van der Waals surface area contributed by atoms with Gasteiger partial charge in [0.1, 0.15) is 0 Å². The van der Waals surface area contributed by atoms with Crippen LogP contribution in [-0.2, 0) is 19.1 Å². The molecule has 3 saturated heterocycles. The maximum atomic E-state index is 12.9. The molecule has 1 aromatic heterocycles. The molecule has 4 heterocycles. The van der Waals surface area contributed by atoms with Gasteiger partial charge >= 0.3 is 0 Å². The van der Waals surface area contributed by atoms with E-state index >= 15 is 0 Å². The lowest BCUT2D eigenvalue weighted by atomic mass is 9.81. The molecule has 4 aliphatic rings. The SMILES string of the molecule is C/C(=N/Nc1nc(N2CCOCC2)nc(N2CCOCC2)n1)c1ccc(N2C(=O)[C@H]3CCCC[C@H]3C2=O)cc1. The molecule has 1 aromatic carbocycles. The fraction of sp³-hybridized carbons (Fsp3) is 0.556. The molecule has 12 nitrogen and oxygen atoms in total. The number of carbonyl (C=O) groups excluding carboxylic acids is 2. The van der Waals surface area contributed by atoms with Gasteiger partial charge in [-0.15, -0.1) is 0 Å². The maximum absolute atomic E-state index is 12.9. The van der Waals surface area contributed by atoms with Crippen molar-refractivity contribution in [2.45, 2.75) is 32.6 Å². The lowest BCUT2D eigenvalue weighted by molar-refractivity contribution is -0.122. The maximum Gasteiger partial charge on any atom is 0.250 e. The van der Waals surface area contributed by atoms with Crippen LogP contribution in [0.5, 0.6) is 0 Å². The second-order valence-electron chi connectivity index (χ2n) is 10.3. The van der Waals surface area contributed by atoms with Crippen LogP contribution in [0, 0.1) is 11.8 Å². The molecule has 0 bridgehead atoms. The highest BCUT2D eigenvalue weighted by molar-refractivity contribution is 6.22. The molecule has 2 atom stereocenters. The molecule has 2 aromatic rings. The Hall–Kier alpha value is -3.64. The van der Waals surface area contributed by atoms with Gasteiger partial charge in [-0.05, 0) is 37.5 Å². The van der Waals surface area contributed by atoms with Crippen molar-refractivity contribution in [1.29, 1.82) is 0 Å². The number of hydrogen-bond donors (Lipinski definition) is 1. The van der Waals surface area contributed by atoms with E-state index in [-0.39, 0.29) is 23.7 Å². The Balaban J connectivity index is 1.19. The van der Waals surface area contributed by atoms with E-state index in [2.05, 4.69) is 30.3 Å². The zero-order chi connectivity index (χ0) is 26.8. The van der Waals surface area contributed by atoms with E-state index in [0.717, 1.165) is 37.0 Å². The van der Waals surface area contributed by atoms with Crippen LogP contribution in [0.3, 0.4) is 0 Å². The third-order valence-electron chi connectivity index (χ3n) is 7.91. The van der Waals surface area contributed by atoms with Crippen molar-refractivity contribution in [3.63, 3.8) is 0 Å². The number of hydrazone groups is 1. The van der Waals surface area contributed by atoms with E-state index in [1.165, 1.54) is 4.90 Å². The molecule has 3 aliphatic heterocycles. The standard InChI is InChI=1S/C27H34N8O4/c1-18(19-6-8-20(9-7-19)35-23(36)21-4-2-3-5-22(21)24(35)37)31-32-25-28-26(33-10-14-38-15-11-33)30-27(29-25)34-12-16-39-17-13-34/h6-9,21-22H,2-5,10-17H2,1H3,(H,28,29,30,32)/b31-18-/t21-,22+. The predicted molar refractivity (Wildman–Crippen MR) is 146 cm³/mol. The van der Waals surface area contributed by atoms with Gasteiger partial charge in [0.25, 0.3) is 0 Å². The topological polar surface area (TPSA) is 125 Å². The highest BCUT2D eigenvalue weighted by Crippen LogP contribution is 2.40. The summed E-state index contributed by atoms with van der Waals surface area (Å²) in [5, 5.41) is 4.53. The van der Waals surface area contributed by atoms with Crippen molar-refractivity contribution in [3.8, 4) is 0 Å². The minimum Gasteiger partial charge on any atom is -0.378 e. The van der Waals surface area contributed by atoms with Gasteiger partial charge in [-0.2, -0.15) is 20.1 Å². The number of imide groups is 1. The molecule has 1 aliphatic carbocycles. The number of hydrogen-bond acceptors (Lipinski definition) is 11. The molecule has 206 valence electrons. The number of rotatable bonds is 6. The minimum atomic E-state index is -0.163. The predicted octanol–water partition coefficient (Wildman–Crippen LogP) is 2.06. The summed E-state index contributed by atoms with van der Waals surface area (Å²) in [6.07, 6.45) is 3.63. The smallest absolute Gasteiger partial charge is 0.250 e. The zero-order valence-corrected chi connectivity index (χ0v) is 22.2. The van der Waals surface area contributed by atoms with Gasteiger partial charge in [0.05, 0.1) is 49.7 Å². The molecular weight excluding hydrogens is 500 g/mol. The molecule has 0 spiro atoms. The van der Waals surface area contributed by atoms with Gasteiger partial charge in [0, 0.05) is 26.2 Å². The molecule has 4 fully saturated rings. The highest BCUT2D eigenvalue weighted by Gasteiger charge is 2.48. The minimum absolute atomic E-state index is 0.0634. The van der Waals surface area contributed by atoms with Crippen LogP contribution in [0.1, 0.15) is 38.2 Å². The van der Waals surface area contributed by atoms with E-state index < -0.39 is 0 Å². The van der Waals surface area contributed by atoms with E-state index in [1.54, 1.807) is 0 Å². The Labute approximate surface area is 227 Å². The fourth-order valence-corrected chi connectivity index (χ4v) is 5.68. The van der Waals surface area contributed by atoms with Crippen LogP contribution in [-0.4, -0.2) is 85.1 Å². The summed E-state index contributed by atoms with van der Waals surface area (Å²) in [6.45, 7) is 7.25. The fourth-order valence-electron chi connectivity index (χ4n) is 5.68. The number of amides is 2. The Bertz CT molecular complexity index is 1180. The molecular formula is C27H34N8O4. The average Bonchev–Trinajstić information content (AvgIpc) is 3.26. The average molecular weight is 535 g/mol. The summed E-state index contributed by atoms with van der Waals surface area (Å²) in [4.78, 5) is 45.4. The molecule has 1 saturated carbocycles. The summed E-state index contributed by atoms with van der Waals surface area (Å²) < 4.78 is 11.0. The molecule has 39 heavy (non-hydrogen) atoms. The van der Waals surface area contributed by atoms with Gasteiger partial charge in [-0.25, -0.2) is 5.43 Å². The largest absolute Gasteiger partial charge is 0.378 e. The number of nitrogens with one attached hydrogen (secondary N) is 1. The van der Waals surface area contributed by atoms with Gasteiger partial charge < -0.3 is 19.3 Å². The zero-order valence-electron chi connectivity index (χ0n) is 22.2. The first-order chi connectivity index (χ1) is 19.1. The van der Waals surface area contributed by atoms with Gasteiger partial charge in [0.15, 0.2) is 0 Å². The van der Waals surface area contributed by atoms with Crippen LogP contribution >= 0.6 is 0 Å². The number of aromatic nitrogens is 3. The van der Waals surface area contributed by atoms with Crippen LogP contribution in [0.4, 0.5) is 23.5 Å². The van der Waals surface area contributed by atoms with Crippen LogP contribution in [0.25, 0.3) is 0 Å². The van der Waals surface area contributed by atoms with E-state index in [4.69, 9.17) is 14.5 Å². The first kappa shape index (κ1) is 25.6. The monoisotopic (exact) mass is 534 g/mol. The number of benzene rings is 1. The lowest BCUT2D eigenvalue weighted by Gasteiger charge is -2.30. The number of nitrogens with zero attached hydrogens (tertiary/aromatic N) is 7. The van der Waals surface area contributed by atoms with Gasteiger partial charge in [-0.1, -0.05) is 25.0 Å². The van der Waals surface area contributed by atoms with Gasteiger partial charge in [-0.3, -0.25) is 14.5 Å². The van der Waals surface area contributed by atoms with Crippen molar-refractivity contribution in [2.75, 3.05) is 72.7 Å². The van der Waals surface area contributed by atoms with Crippen molar-refractivity contribution < 1.29 is 19.1 Å². The first-order valence-electron chi connectivity index (χ1n) is 13.8. The Morgan fingerprint density at radius 2 is 1.33 bits per heavy atom. The lowest BCUT2D eigenvalue weighted by Crippen LogP contribution is -2.40. The Morgan fingerprint density at radius 1 is 0.821 bits per heavy atom. The summed E-state index contributed by atoms with van der Waals surface area (Å²) >= 11 is 0. The summed E-state index contributed by atoms with van der Waals surface area (Å²) in [5.74, 6) is 1.09. The number of ether oxygens (including phenoxy) is 2. The number of morpholine rings is 2. The van der Waals surface area contributed by atoms with E-state index in [9.17, 15) is 9.59 Å². The molecule has 12 heteroatoms. The summed E-state index contributed by atoms with van der Waals surface area (Å²) in [6, 6.07) is 7.39. The van der Waals surface area contributed by atoms with Crippen LogP contribution in [0.2, 0.25) is 0 Å². The van der Waals surface area contributed by atoms with Crippen LogP contribution in [0.15, 0.2) is 29.4 Å². The summed E-state index contributed by atoms with van der Waals surface area (Å²) in [7, 11) is 0. The third-order valence-corrected chi connectivity index (χ3v) is 7.91. The second kappa shape index (κ2) is 11.2. The van der Waals surface area contributed by atoms with Crippen LogP contribution < -0.4 is 20.1 Å². The highest BCUT2D eigenvalue weighted by atomic mass is 16.5. The van der Waals surface area contributed by atoms with Crippen molar-refractivity contribution in [3.05, 3.63) is 29.8 Å². The molecule has 6 rings (SSSR count). The third kappa shape index (κ3) is 5.30. The molecule has 2 amide bonds. The summed E-state index contributed by atoms with van der Waals surface area (Å²) in [5.41, 5.74) is 5.21. The van der Waals surface area contributed by atoms with Crippen molar-refractivity contribution in [1.82, 2.24) is 15.0 Å². The second-order valence-corrected chi connectivity index (χ2v) is 10.3. The Kier molecular flexibility index (Phi) is 7.38. The quantitative estimate of drug-likeness (QED) is 0.334. The van der Waals surface area contributed by atoms with E-state index in [1.807, 2.05) is 31.2 Å². The molecule has 1 N–H and O–H groups in total.